The fourth-order valence-electron chi connectivity index (χ4n) is 3.82. The molecule has 0 unspecified atom stereocenters. The smallest absolute Gasteiger partial charge is 0.255 e. The molecule has 1 aliphatic rings. The molecule has 4 rings (SSSR count). The van der Waals surface area contributed by atoms with Crippen LogP contribution in [0.25, 0.3) is 10.8 Å². The van der Waals surface area contributed by atoms with Crippen molar-refractivity contribution in [2.75, 3.05) is 44.1 Å². The molecule has 0 spiro atoms. The molecule has 3 aromatic carbocycles. The largest absolute Gasteiger partial charge is 0.497 e. The number of hydrogen-bond donors (Lipinski definition) is 1. The molecule has 1 fully saturated rings. The summed E-state index contributed by atoms with van der Waals surface area (Å²) in [4.78, 5) is 15.2. The zero-order valence-corrected chi connectivity index (χ0v) is 18.2. The third-order valence-corrected chi connectivity index (χ3v) is 5.43. The van der Waals surface area contributed by atoms with Crippen LogP contribution in [0.5, 0.6) is 5.75 Å². The lowest BCUT2D eigenvalue weighted by atomic mass is 10.0. The number of nitrogens with zero attached hydrogens (tertiary/aromatic N) is 1. The van der Waals surface area contributed by atoms with Crippen LogP contribution in [0.2, 0.25) is 0 Å². The average Bonchev–Trinajstić information content (AvgIpc) is 3.33. The van der Waals surface area contributed by atoms with Crippen molar-refractivity contribution in [2.45, 2.75) is 19.6 Å². The van der Waals surface area contributed by atoms with Gasteiger partial charge in [-0.1, -0.05) is 25.1 Å². The number of methoxy groups -OCH3 is 1. The lowest BCUT2D eigenvalue weighted by Crippen LogP contribution is -2.19. The quantitative estimate of drug-likeness (QED) is 0.583. The Balaban J connectivity index is 1.61. The van der Waals surface area contributed by atoms with Crippen molar-refractivity contribution >= 4 is 28.1 Å². The van der Waals surface area contributed by atoms with E-state index in [1.165, 1.54) is 0 Å². The van der Waals surface area contributed by atoms with Crippen LogP contribution >= 0.6 is 0 Å². The topological polar surface area (TPSA) is 60.0 Å². The van der Waals surface area contributed by atoms with Gasteiger partial charge in [-0.05, 0) is 48.2 Å². The van der Waals surface area contributed by atoms with Gasteiger partial charge in [0, 0.05) is 41.5 Å². The van der Waals surface area contributed by atoms with Crippen molar-refractivity contribution < 1.29 is 19.0 Å². The van der Waals surface area contributed by atoms with Crippen LogP contribution in [-0.2, 0) is 9.47 Å². The number of nitrogens with one attached hydrogen (secondary N) is 1. The predicted molar refractivity (Wildman–Crippen MR) is 123 cm³/mol. The fourth-order valence-corrected chi connectivity index (χ4v) is 3.82. The number of anilines is 2. The van der Waals surface area contributed by atoms with Crippen molar-refractivity contribution in [2.24, 2.45) is 0 Å². The van der Waals surface area contributed by atoms with E-state index in [0.717, 1.165) is 46.4 Å². The molecule has 1 saturated heterocycles. The highest BCUT2D eigenvalue weighted by atomic mass is 16.7. The molecular formula is C25H28N2O4. The van der Waals surface area contributed by atoms with Gasteiger partial charge >= 0.3 is 0 Å². The molecule has 0 aliphatic carbocycles. The van der Waals surface area contributed by atoms with Gasteiger partial charge in [-0.25, -0.2) is 0 Å². The molecule has 6 nitrogen and oxygen atoms in total. The zero-order chi connectivity index (χ0) is 21.8. The van der Waals surface area contributed by atoms with Crippen LogP contribution in [0.4, 0.5) is 11.4 Å². The SMILES string of the molecule is CCCN(C)c1cc(C(=O)Nc2ccc(C3OCCO3)cc2)cc2ccc(OC)cc12. The summed E-state index contributed by atoms with van der Waals surface area (Å²) in [5.74, 6) is 0.649. The summed E-state index contributed by atoms with van der Waals surface area (Å²) in [7, 11) is 3.71. The van der Waals surface area contributed by atoms with E-state index < -0.39 is 0 Å². The molecule has 1 heterocycles. The first kappa shape index (κ1) is 21.2. The molecule has 0 bridgehead atoms. The Bertz CT molecular complexity index is 1060. The summed E-state index contributed by atoms with van der Waals surface area (Å²) >= 11 is 0. The van der Waals surface area contributed by atoms with E-state index in [1.807, 2.05) is 61.6 Å². The Morgan fingerprint density at radius 3 is 2.52 bits per heavy atom. The van der Waals surface area contributed by atoms with Gasteiger partial charge in [0.25, 0.3) is 5.91 Å². The van der Waals surface area contributed by atoms with E-state index in [4.69, 9.17) is 14.2 Å². The number of rotatable bonds is 7. The summed E-state index contributed by atoms with van der Waals surface area (Å²) in [5, 5.41) is 5.06. The first-order valence-electron chi connectivity index (χ1n) is 10.6. The minimum atomic E-state index is -0.320. The van der Waals surface area contributed by atoms with Crippen molar-refractivity contribution in [3.8, 4) is 5.75 Å². The fraction of sp³-hybridized carbons (Fsp3) is 0.320. The zero-order valence-electron chi connectivity index (χ0n) is 18.2. The van der Waals surface area contributed by atoms with Gasteiger partial charge in [-0.2, -0.15) is 0 Å². The number of benzene rings is 3. The first-order valence-corrected chi connectivity index (χ1v) is 10.6. The summed E-state index contributed by atoms with van der Waals surface area (Å²) in [5.41, 5.74) is 3.29. The maximum atomic E-state index is 13.1. The number of carbonyl (C=O) groups is 1. The minimum Gasteiger partial charge on any atom is -0.497 e. The Kier molecular flexibility index (Phi) is 6.39. The molecule has 1 N–H and O–H groups in total. The third kappa shape index (κ3) is 4.65. The Hall–Kier alpha value is -3.09. The minimum absolute atomic E-state index is 0.148. The van der Waals surface area contributed by atoms with Gasteiger partial charge in [0.1, 0.15) is 5.75 Å². The van der Waals surface area contributed by atoms with Crippen LogP contribution in [0.15, 0.2) is 54.6 Å². The van der Waals surface area contributed by atoms with E-state index in [2.05, 4.69) is 17.1 Å². The van der Waals surface area contributed by atoms with E-state index in [-0.39, 0.29) is 12.2 Å². The summed E-state index contributed by atoms with van der Waals surface area (Å²) in [6.45, 7) is 4.24. The van der Waals surface area contributed by atoms with Crippen molar-refractivity contribution in [3.05, 3.63) is 65.7 Å². The van der Waals surface area contributed by atoms with Crippen LogP contribution in [0.1, 0.15) is 35.6 Å². The second kappa shape index (κ2) is 9.37. The molecular weight excluding hydrogens is 392 g/mol. The van der Waals surface area contributed by atoms with Gasteiger partial charge < -0.3 is 24.4 Å². The maximum absolute atomic E-state index is 13.1. The predicted octanol–water partition coefficient (Wildman–Crippen LogP) is 4.99. The normalized spacial score (nSPS) is 14.0. The highest BCUT2D eigenvalue weighted by Gasteiger charge is 2.18. The van der Waals surface area contributed by atoms with E-state index in [0.29, 0.717) is 18.8 Å². The summed E-state index contributed by atoms with van der Waals surface area (Å²) in [6.07, 6.45) is 0.693. The van der Waals surface area contributed by atoms with Gasteiger partial charge in [0.05, 0.1) is 20.3 Å². The molecule has 31 heavy (non-hydrogen) atoms. The molecule has 0 atom stereocenters. The standard InChI is InChI=1S/C25H28N2O4/c1-4-11-27(2)23-15-19(14-18-7-10-21(29-3)16-22(18)23)24(28)26-20-8-5-17(6-9-20)25-30-12-13-31-25/h5-10,14-16,25H,4,11-13H2,1-3H3,(H,26,28). The second-order valence-corrected chi connectivity index (χ2v) is 7.65. The molecule has 0 saturated carbocycles. The number of ether oxygens (including phenoxy) is 3. The highest BCUT2D eigenvalue weighted by molar-refractivity contribution is 6.09. The Labute approximate surface area is 182 Å². The number of amides is 1. The van der Waals surface area contributed by atoms with Gasteiger partial charge in [0.15, 0.2) is 6.29 Å². The van der Waals surface area contributed by atoms with E-state index in [9.17, 15) is 4.79 Å². The van der Waals surface area contributed by atoms with Crippen LogP contribution in [0, 0.1) is 0 Å². The van der Waals surface area contributed by atoms with Crippen molar-refractivity contribution in [1.29, 1.82) is 0 Å². The molecule has 6 heteroatoms. The van der Waals surface area contributed by atoms with Crippen LogP contribution in [0.3, 0.4) is 0 Å². The Morgan fingerprint density at radius 2 is 1.84 bits per heavy atom. The van der Waals surface area contributed by atoms with Crippen molar-refractivity contribution in [1.82, 2.24) is 0 Å². The molecule has 1 amide bonds. The third-order valence-electron chi connectivity index (χ3n) is 5.43. The lowest BCUT2D eigenvalue weighted by Gasteiger charge is -2.22. The first-order chi connectivity index (χ1) is 15.1. The summed E-state index contributed by atoms with van der Waals surface area (Å²) in [6, 6.07) is 17.4. The maximum Gasteiger partial charge on any atom is 0.255 e. The molecule has 0 radical (unpaired) electrons. The number of hydrogen-bond acceptors (Lipinski definition) is 5. The van der Waals surface area contributed by atoms with E-state index >= 15 is 0 Å². The van der Waals surface area contributed by atoms with Crippen LogP contribution in [-0.4, -0.2) is 39.8 Å². The molecule has 0 aromatic heterocycles. The van der Waals surface area contributed by atoms with Crippen molar-refractivity contribution in [3.63, 3.8) is 0 Å². The molecule has 1 aliphatic heterocycles. The molecule has 162 valence electrons. The van der Waals surface area contributed by atoms with E-state index in [1.54, 1.807) is 7.11 Å². The molecule has 3 aromatic rings. The monoisotopic (exact) mass is 420 g/mol. The number of carbonyl (C=O) groups excluding carboxylic acids is 1. The highest BCUT2D eigenvalue weighted by Crippen LogP contribution is 2.32. The van der Waals surface area contributed by atoms with Gasteiger partial charge in [0.2, 0.25) is 0 Å². The van der Waals surface area contributed by atoms with Gasteiger partial charge in [-0.3, -0.25) is 4.79 Å². The lowest BCUT2D eigenvalue weighted by molar-refractivity contribution is -0.0441. The van der Waals surface area contributed by atoms with Gasteiger partial charge in [-0.15, -0.1) is 0 Å². The Morgan fingerprint density at radius 1 is 1.10 bits per heavy atom. The summed E-state index contributed by atoms with van der Waals surface area (Å²) < 4.78 is 16.4. The average molecular weight is 421 g/mol. The number of fused-ring (bicyclic) bond motifs is 1. The second-order valence-electron chi connectivity index (χ2n) is 7.65. The van der Waals surface area contributed by atoms with Crippen LogP contribution < -0.4 is 15.0 Å².